The number of anilines is 3. The number of benzene rings is 1. The van der Waals surface area contributed by atoms with E-state index in [1.54, 1.807) is 0 Å². The van der Waals surface area contributed by atoms with Gasteiger partial charge in [0.15, 0.2) is 0 Å². The van der Waals surface area contributed by atoms with E-state index in [2.05, 4.69) is 41.8 Å². The van der Waals surface area contributed by atoms with Gasteiger partial charge in [0.05, 0.1) is 24.6 Å². The van der Waals surface area contributed by atoms with Crippen molar-refractivity contribution in [2.45, 2.75) is 38.8 Å². The van der Waals surface area contributed by atoms with E-state index in [0.29, 0.717) is 12.1 Å². The van der Waals surface area contributed by atoms with Crippen LogP contribution in [0.3, 0.4) is 0 Å². The summed E-state index contributed by atoms with van der Waals surface area (Å²) < 4.78 is 5.40. The molecule has 2 N–H and O–H groups in total. The zero-order valence-electron chi connectivity index (χ0n) is 12.5. The standard InChI is InChI=1S/C16H25N3O/c1-12-3-4-13(2)19(12)14-5-6-16(15(17)11-14)18-7-9-20-10-8-18/h5-6,11-13H,3-4,7-10,17H2,1-2H3/t12-,13-/m1/s1. The second-order valence-corrected chi connectivity index (χ2v) is 6.03. The number of morpholine rings is 1. The maximum Gasteiger partial charge on any atom is 0.0642 e. The van der Waals surface area contributed by atoms with Gasteiger partial charge in [-0.15, -0.1) is 0 Å². The largest absolute Gasteiger partial charge is 0.397 e. The molecule has 0 radical (unpaired) electrons. The molecule has 0 saturated carbocycles. The van der Waals surface area contributed by atoms with E-state index in [0.717, 1.165) is 37.7 Å². The topological polar surface area (TPSA) is 41.7 Å². The summed E-state index contributed by atoms with van der Waals surface area (Å²) in [5, 5.41) is 0. The van der Waals surface area contributed by atoms with Crippen LogP contribution in [0.15, 0.2) is 18.2 Å². The fraction of sp³-hybridized carbons (Fsp3) is 0.625. The van der Waals surface area contributed by atoms with E-state index in [9.17, 15) is 0 Å². The highest BCUT2D eigenvalue weighted by molar-refractivity contribution is 5.73. The molecule has 0 amide bonds. The lowest BCUT2D eigenvalue weighted by Crippen LogP contribution is -2.37. The molecule has 0 aliphatic carbocycles. The van der Waals surface area contributed by atoms with Gasteiger partial charge in [-0.1, -0.05) is 0 Å². The molecule has 0 bridgehead atoms. The van der Waals surface area contributed by atoms with E-state index in [1.807, 2.05) is 0 Å². The SMILES string of the molecule is C[C@@H]1CC[C@@H](C)N1c1ccc(N2CCOCC2)c(N)c1. The van der Waals surface area contributed by atoms with Crippen molar-refractivity contribution in [2.75, 3.05) is 41.8 Å². The van der Waals surface area contributed by atoms with Crippen molar-refractivity contribution in [1.82, 2.24) is 0 Å². The zero-order chi connectivity index (χ0) is 14.1. The van der Waals surface area contributed by atoms with Crippen molar-refractivity contribution < 1.29 is 4.74 Å². The summed E-state index contributed by atoms with van der Waals surface area (Å²) in [5.74, 6) is 0. The molecule has 2 atom stereocenters. The number of nitrogens with zero attached hydrogens (tertiary/aromatic N) is 2. The Morgan fingerprint density at radius 3 is 2.35 bits per heavy atom. The molecule has 110 valence electrons. The van der Waals surface area contributed by atoms with Crippen molar-refractivity contribution in [3.05, 3.63) is 18.2 Å². The normalized spacial score (nSPS) is 27.1. The zero-order valence-corrected chi connectivity index (χ0v) is 12.5. The first kappa shape index (κ1) is 13.6. The summed E-state index contributed by atoms with van der Waals surface area (Å²) in [7, 11) is 0. The maximum absolute atomic E-state index is 6.30. The van der Waals surface area contributed by atoms with Crippen LogP contribution in [0.4, 0.5) is 17.1 Å². The van der Waals surface area contributed by atoms with Gasteiger partial charge in [0.2, 0.25) is 0 Å². The number of nitrogens with two attached hydrogens (primary N) is 1. The van der Waals surface area contributed by atoms with E-state index in [-0.39, 0.29) is 0 Å². The lowest BCUT2D eigenvalue weighted by Gasteiger charge is -2.32. The minimum Gasteiger partial charge on any atom is -0.397 e. The number of hydrogen-bond acceptors (Lipinski definition) is 4. The molecule has 0 aromatic heterocycles. The van der Waals surface area contributed by atoms with E-state index < -0.39 is 0 Å². The van der Waals surface area contributed by atoms with Crippen molar-refractivity contribution in [3.63, 3.8) is 0 Å². The summed E-state index contributed by atoms with van der Waals surface area (Å²) in [5.41, 5.74) is 9.60. The molecule has 1 aromatic carbocycles. The summed E-state index contributed by atoms with van der Waals surface area (Å²) in [6.45, 7) is 8.05. The molecule has 4 nitrogen and oxygen atoms in total. The quantitative estimate of drug-likeness (QED) is 0.842. The highest BCUT2D eigenvalue weighted by Crippen LogP contribution is 2.34. The molecule has 4 heteroatoms. The molecule has 2 saturated heterocycles. The Bertz CT molecular complexity index is 461. The first-order valence-corrected chi connectivity index (χ1v) is 7.67. The Kier molecular flexibility index (Phi) is 3.74. The van der Waals surface area contributed by atoms with Crippen LogP contribution in [0, 0.1) is 0 Å². The van der Waals surface area contributed by atoms with Crippen molar-refractivity contribution in [3.8, 4) is 0 Å². The first-order chi connectivity index (χ1) is 9.66. The van der Waals surface area contributed by atoms with Crippen LogP contribution >= 0.6 is 0 Å². The van der Waals surface area contributed by atoms with Crippen molar-refractivity contribution in [2.24, 2.45) is 0 Å². The fourth-order valence-corrected chi connectivity index (χ4v) is 3.50. The molecule has 0 unspecified atom stereocenters. The van der Waals surface area contributed by atoms with Crippen LogP contribution in [0.1, 0.15) is 26.7 Å². The van der Waals surface area contributed by atoms with Gasteiger partial charge in [0.1, 0.15) is 0 Å². The van der Waals surface area contributed by atoms with Gasteiger partial charge in [-0.3, -0.25) is 0 Å². The predicted molar refractivity (Wildman–Crippen MR) is 84.5 cm³/mol. The number of ether oxygens (including phenoxy) is 1. The number of hydrogen-bond donors (Lipinski definition) is 1. The number of nitrogen functional groups attached to an aromatic ring is 1. The van der Waals surface area contributed by atoms with Crippen LogP contribution in [-0.4, -0.2) is 38.4 Å². The third-order valence-corrected chi connectivity index (χ3v) is 4.61. The van der Waals surface area contributed by atoms with Gasteiger partial charge in [0.25, 0.3) is 0 Å². The molecule has 2 heterocycles. The molecule has 1 aromatic rings. The van der Waals surface area contributed by atoms with Crippen LogP contribution in [0.5, 0.6) is 0 Å². The Morgan fingerprint density at radius 1 is 1.10 bits per heavy atom. The molecule has 0 spiro atoms. The summed E-state index contributed by atoms with van der Waals surface area (Å²) in [4.78, 5) is 4.82. The average molecular weight is 275 g/mol. The maximum atomic E-state index is 6.30. The van der Waals surface area contributed by atoms with Crippen LogP contribution in [0.2, 0.25) is 0 Å². The first-order valence-electron chi connectivity index (χ1n) is 7.67. The second-order valence-electron chi connectivity index (χ2n) is 6.03. The lowest BCUT2D eigenvalue weighted by molar-refractivity contribution is 0.123. The molecule has 3 rings (SSSR count). The summed E-state index contributed by atoms with van der Waals surface area (Å²) in [6.07, 6.45) is 2.54. The summed E-state index contributed by atoms with van der Waals surface area (Å²) >= 11 is 0. The Hall–Kier alpha value is -1.42. The molecule has 20 heavy (non-hydrogen) atoms. The molecular formula is C16H25N3O. The van der Waals surface area contributed by atoms with Crippen LogP contribution in [-0.2, 0) is 4.74 Å². The molecular weight excluding hydrogens is 250 g/mol. The lowest BCUT2D eigenvalue weighted by atomic mass is 10.1. The van der Waals surface area contributed by atoms with Crippen molar-refractivity contribution in [1.29, 1.82) is 0 Å². The molecule has 2 aliphatic rings. The Balaban J connectivity index is 1.83. The van der Waals surface area contributed by atoms with Crippen molar-refractivity contribution >= 4 is 17.1 Å². The van der Waals surface area contributed by atoms with Gasteiger partial charge >= 0.3 is 0 Å². The van der Waals surface area contributed by atoms with E-state index in [4.69, 9.17) is 10.5 Å². The number of rotatable bonds is 2. The van der Waals surface area contributed by atoms with Gasteiger partial charge in [-0.2, -0.15) is 0 Å². The fourth-order valence-electron chi connectivity index (χ4n) is 3.50. The Morgan fingerprint density at radius 2 is 1.75 bits per heavy atom. The second kappa shape index (κ2) is 5.52. The molecule has 2 fully saturated rings. The molecule has 2 aliphatic heterocycles. The van der Waals surface area contributed by atoms with Gasteiger partial charge in [0, 0.05) is 30.9 Å². The minimum absolute atomic E-state index is 0.610. The van der Waals surface area contributed by atoms with Gasteiger partial charge < -0.3 is 20.3 Å². The monoisotopic (exact) mass is 275 g/mol. The van der Waals surface area contributed by atoms with Gasteiger partial charge in [-0.25, -0.2) is 0 Å². The summed E-state index contributed by atoms with van der Waals surface area (Å²) in [6, 6.07) is 7.76. The van der Waals surface area contributed by atoms with E-state index >= 15 is 0 Å². The average Bonchev–Trinajstić information content (AvgIpc) is 2.79. The van der Waals surface area contributed by atoms with Gasteiger partial charge in [-0.05, 0) is 44.9 Å². The third kappa shape index (κ3) is 2.44. The van der Waals surface area contributed by atoms with E-state index in [1.165, 1.54) is 18.5 Å². The van der Waals surface area contributed by atoms with Crippen LogP contribution < -0.4 is 15.5 Å². The highest BCUT2D eigenvalue weighted by atomic mass is 16.5. The highest BCUT2D eigenvalue weighted by Gasteiger charge is 2.27. The third-order valence-electron chi connectivity index (χ3n) is 4.61. The minimum atomic E-state index is 0.610. The Labute approximate surface area is 121 Å². The predicted octanol–water partition coefficient (Wildman–Crippen LogP) is 2.48. The van der Waals surface area contributed by atoms with Crippen LogP contribution in [0.25, 0.3) is 0 Å². The smallest absolute Gasteiger partial charge is 0.0642 e.